The van der Waals surface area contributed by atoms with E-state index in [1.807, 2.05) is 0 Å². The van der Waals surface area contributed by atoms with E-state index in [2.05, 4.69) is 23.3 Å². The maximum atomic E-state index is 10.9. The highest BCUT2D eigenvalue weighted by atomic mass is 32.2. The molecule has 0 aliphatic carbocycles. The fraction of sp³-hybridized carbons (Fsp3) is 0.875. The van der Waals surface area contributed by atoms with Crippen LogP contribution < -0.4 is 4.72 Å². The van der Waals surface area contributed by atoms with Crippen LogP contribution in [0.2, 0.25) is 0 Å². The van der Waals surface area contributed by atoms with Gasteiger partial charge in [-0.05, 0) is 12.8 Å². The topological polar surface area (TPSA) is 75.6 Å². The fourth-order valence-electron chi connectivity index (χ4n) is 2.15. The summed E-state index contributed by atoms with van der Waals surface area (Å²) < 4.78 is 7.32. The number of rotatable bonds is 10. The van der Waals surface area contributed by atoms with Crippen LogP contribution in [0.25, 0.3) is 0 Å². The molecule has 22 heavy (non-hydrogen) atoms. The van der Waals surface area contributed by atoms with Crippen LogP contribution in [-0.2, 0) is 9.53 Å². The molecule has 0 spiro atoms. The average Bonchev–Trinajstić information content (AvgIpc) is 2.51. The first-order chi connectivity index (χ1) is 10.6. The van der Waals surface area contributed by atoms with Gasteiger partial charge in [-0.3, -0.25) is 9.52 Å². The summed E-state index contributed by atoms with van der Waals surface area (Å²) in [6.45, 7) is 5.57. The van der Waals surface area contributed by atoms with E-state index in [1.54, 1.807) is 0 Å². The number of ether oxygens (including phenoxy) is 1. The SMILES string of the molecule is CCCCCCCC(CCCC)C(=O)O.O=C1OCCNS1. The van der Waals surface area contributed by atoms with Crippen LogP contribution in [0.4, 0.5) is 4.79 Å². The van der Waals surface area contributed by atoms with Gasteiger partial charge in [0, 0.05) is 18.5 Å². The van der Waals surface area contributed by atoms with Gasteiger partial charge in [-0.1, -0.05) is 58.8 Å². The number of carboxylic acid groups (broad SMARTS) is 1. The lowest BCUT2D eigenvalue weighted by atomic mass is 9.95. The zero-order valence-corrected chi connectivity index (χ0v) is 14.8. The number of aliphatic carboxylic acids is 1. The first-order valence-electron chi connectivity index (χ1n) is 8.41. The Morgan fingerprint density at radius 3 is 2.27 bits per heavy atom. The van der Waals surface area contributed by atoms with Crippen LogP contribution in [0.3, 0.4) is 0 Å². The Kier molecular flexibility index (Phi) is 14.6. The maximum absolute atomic E-state index is 10.9. The Labute approximate surface area is 138 Å². The minimum atomic E-state index is -0.598. The van der Waals surface area contributed by atoms with Crippen molar-refractivity contribution in [2.24, 2.45) is 5.92 Å². The Bertz CT molecular complexity index is 292. The van der Waals surface area contributed by atoms with Gasteiger partial charge in [-0.2, -0.15) is 0 Å². The molecule has 1 heterocycles. The summed E-state index contributed by atoms with van der Waals surface area (Å²) in [6.07, 6.45) is 9.95. The van der Waals surface area contributed by atoms with Gasteiger partial charge in [0.05, 0.1) is 5.92 Å². The summed E-state index contributed by atoms with van der Waals surface area (Å²) in [7, 11) is 0. The van der Waals surface area contributed by atoms with Crippen molar-refractivity contribution in [2.75, 3.05) is 13.2 Å². The van der Waals surface area contributed by atoms with Gasteiger partial charge in [-0.15, -0.1) is 0 Å². The standard InChI is InChI=1S/C13H26O2.C3H5NO2S/c1-3-5-7-8-9-11-12(13(14)15)10-6-4-2;5-3-6-2-1-4-7-3/h12H,3-11H2,1-2H3,(H,14,15);4H,1-2H2. The highest BCUT2D eigenvalue weighted by molar-refractivity contribution is 8.11. The molecule has 0 aromatic heterocycles. The van der Waals surface area contributed by atoms with Crippen molar-refractivity contribution >= 4 is 23.2 Å². The van der Waals surface area contributed by atoms with Crippen molar-refractivity contribution in [3.8, 4) is 0 Å². The molecular formula is C16H31NO4S. The summed E-state index contributed by atoms with van der Waals surface area (Å²) in [5.41, 5.74) is 0. The molecule has 1 fully saturated rings. The lowest BCUT2D eigenvalue weighted by Crippen LogP contribution is -2.22. The van der Waals surface area contributed by atoms with Gasteiger partial charge in [-0.25, -0.2) is 4.79 Å². The molecule has 1 aliphatic rings. The highest BCUT2D eigenvalue weighted by Gasteiger charge is 2.15. The number of carboxylic acids is 1. The summed E-state index contributed by atoms with van der Waals surface area (Å²) in [5.74, 6) is -0.689. The minimum Gasteiger partial charge on any atom is -0.481 e. The Balaban J connectivity index is 0.000000518. The average molecular weight is 333 g/mol. The Morgan fingerprint density at radius 1 is 1.18 bits per heavy atom. The molecule has 130 valence electrons. The lowest BCUT2D eigenvalue weighted by Gasteiger charge is -2.11. The second kappa shape index (κ2) is 15.2. The first-order valence-corrected chi connectivity index (χ1v) is 9.22. The number of carbonyl (C=O) groups is 2. The van der Waals surface area contributed by atoms with Crippen molar-refractivity contribution in [1.82, 2.24) is 4.72 Å². The predicted molar refractivity (Wildman–Crippen MR) is 91.0 cm³/mol. The molecule has 0 aromatic rings. The van der Waals surface area contributed by atoms with Gasteiger partial charge < -0.3 is 9.84 Å². The molecular weight excluding hydrogens is 302 g/mol. The molecule has 5 nitrogen and oxygen atoms in total. The molecule has 0 aromatic carbocycles. The quantitative estimate of drug-likeness (QED) is 0.345. The second-order valence-electron chi connectivity index (χ2n) is 5.48. The summed E-state index contributed by atoms with van der Waals surface area (Å²) in [6, 6.07) is 0. The molecule has 1 aliphatic heterocycles. The molecule has 0 radical (unpaired) electrons. The predicted octanol–water partition coefficient (Wildman–Crippen LogP) is 4.61. The van der Waals surface area contributed by atoms with E-state index in [4.69, 9.17) is 5.11 Å². The van der Waals surface area contributed by atoms with Gasteiger partial charge in [0.25, 0.3) is 0 Å². The van der Waals surface area contributed by atoms with E-state index in [0.717, 1.165) is 50.6 Å². The van der Waals surface area contributed by atoms with Crippen molar-refractivity contribution in [2.45, 2.75) is 71.6 Å². The van der Waals surface area contributed by atoms with Gasteiger partial charge in [0.15, 0.2) is 0 Å². The van der Waals surface area contributed by atoms with Crippen molar-refractivity contribution < 1.29 is 19.4 Å². The van der Waals surface area contributed by atoms with Crippen LogP contribution in [-0.4, -0.2) is 29.5 Å². The summed E-state index contributed by atoms with van der Waals surface area (Å²) >= 11 is 1.01. The number of hydrogen-bond donors (Lipinski definition) is 2. The largest absolute Gasteiger partial charge is 0.481 e. The molecule has 1 unspecified atom stereocenters. The Morgan fingerprint density at radius 2 is 1.82 bits per heavy atom. The third-order valence-corrected chi connectivity index (χ3v) is 4.12. The lowest BCUT2D eigenvalue weighted by molar-refractivity contribution is -0.142. The van der Waals surface area contributed by atoms with Crippen LogP contribution in [0, 0.1) is 5.92 Å². The monoisotopic (exact) mass is 333 g/mol. The van der Waals surface area contributed by atoms with E-state index in [9.17, 15) is 9.59 Å². The molecule has 6 heteroatoms. The van der Waals surface area contributed by atoms with Crippen LogP contribution in [0.1, 0.15) is 71.6 Å². The summed E-state index contributed by atoms with van der Waals surface area (Å²) in [5, 5.41) is 8.77. The Hall–Kier alpha value is -0.750. The molecule has 1 saturated heterocycles. The molecule has 0 saturated carbocycles. The molecule has 0 bridgehead atoms. The minimum absolute atomic E-state index is 0.0911. The van der Waals surface area contributed by atoms with E-state index in [-0.39, 0.29) is 11.2 Å². The highest BCUT2D eigenvalue weighted by Crippen LogP contribution is 2.17. The van der Waals surface area contributed by atoms with Crippen molar-refractivity contribution in [1.29, 1.82) is 0 Å². The van der Waals surface area contributed by atoms with Crippen LogP contribution >= 0.6 is 11.9 Å². The van der Waals surface area contributed by atoms with Gasteiger partial charge >= 0.3 is 11.3 Å². The second-order valence-corrected chi connectivity index (χ2v) is 6.30. The smallest absolute Gasteiger partial charge is 0.382 e. The number of unbranched alkanes of at least 4 members (excludes halogenated alkanes) is 5. The molecule has 0 amide bonds. The molecule has 1 rings (SSSR count). The normalized spacial score (nSPS) is 15.5. The number of cyclic esters (lactones) is 1. The third-order valence-electron chi connectivity index (χ3n) is 3.49. The summed E-state index contributed by atoms with van der Waals surface area (Å²) in [4.78, 5) is 21.1. The zero-order valence-electron chi connectivity index (χ0n) is 13.9. The number of hydrogen-bond acceptors (Lipinski definition) is 5. The third kappa shape index (κ3) is 13.0. The number of nitrogens with one attached hydrogen (secondary N) is 1. The number of carbonyl (C=O) groups excluding carboxylic acids is 1. The van der Waals surface area contributed by atoms with Crippen molar-refractivity contribution in [3.63, 3.8) is 0 Å². The zero-order chi connectivity index (χ0) is 16.6. The maximum Gasteiger partial charge on any atom is 0.382 e. The van der Waals surface area contributed by atoms with E-state index in [0.29, 0.717) is 6.61 Å². The van der Waals surface area contributed by atoms with E-state index < -0.39 is 5.97 Å². The van der Waals surface area contributed by atoms with Gasteiger partial charge in [0.2, 0.25) is 0 Å². The molecule has 2 N–H and O–H groups in total. The van der Waals surface area contributed by atoms with E-state index >= 15 is 0 Å². The van der Waals surface area contributed by atoms with Gasteiger partial charge in [0.1, 0.15) is 6.61 Å². The van der Waals surface area contributed by atoms with Crippen LogP contribution in [0.15, 0.2) is 0 Å². The van der Waals surface area contributed by atoms with Crippen LogP contribution in [0.5, 0.6) is 0 Å². The van der Waals surface area contributed by atoms with Crippen molar-refractivity contribution in [3.05, 3.63) is 0 Å². The first kappa shape index (κ1) is 21.2. The van der Waals surface area contributed by atoms with E-state index in [1.165, 1.54) is 25.7 Å². The fourth-order valence-corrected chi connectivity index (χ4v) is 2.60. The molecule has 1 atom stereocenters.